The standard InChI is InChI=1S/C9H16BrNO/c1-9(2,3)8(12)11-5-4-7(10)6-11/h7H,4-6H2,1-3H3. The summed E-state index contributed by atoms with van der Waals surface area (Å²) in [6, 6.07) is 0. The van der Waals surface area contributed by atoms with Crippen molar-refractivity contribution in [1.82, 2.24) is 4.90 Å². The van der Waals surface area contributed by atoms with Gasteiger partial charge >= 0.3 is 0 Å². The molecule has 0 spiro atoms. The van der Waals surface area contributed by atoms with Gasteiger partial charge in [0.25, 0.3) is 0 Å². The lowest BCUT2D eigenvalue weighted by molar-refractivity contribution is -0.138. The molecular weight excluding hydrogens is 218 g/mol. The Morgan fingerprint density at radius 2 is 2.08 bits per heavy atom. The summed E-state index contributed by atoms with van der Waals surface area (Å²) in [5, 5.41) is 0. The van der Waals surface area contributed by atoms with Crippen LogP contribution < -0.4 is 0 Å². The molecule has 1 aliphatic heterocycles. The van der Waals surface area contributed by atoms with Crippen LogP contribution >= 0.6 is 15.9 Å². The van der Waals surface area contributed by atoms with Crippen molar-refractivity contribution in [1.29, 1.82) is 0 Å². The van der Waals surface area contributed by atoms with E-state index < -0.39 is 0 Å². The molecule has 1 unspecified atom stereocenters. The molecule has 12 heavy (non-hydrogen) atoms. The van der Waals surface area contributed by atoms with E-state index in [1.54, 1.807) is 0 Å². The minimum absolute atomic E-state index is 0.225. The van der Waals surface area contributed by atoms with Crippen LogP contribution in [0.15, 0.2) is 0 Å². The average molecular weight is 234 g/mol. The van der Waals surface area contributed by atoms with Crippen molar-refractivity contribution in [3.05, 3.63) is 0 Å². The topological polar surface area (TPSA) is 20.3 Å². The Kier molecular flexibility index (Phi) is 2.81. The van der Waals surface area contributed by atoms with Crippen molar-refractivity contribution in [2.24, 2.45) is 5.41 Å². The monoisotopic (exact) mass is 233 g/mol. The maximum atomic E-state index is 11.7. The van der Waals surface area contributed by atoms with Crippen molar-refractivity contribution in [2.45, 2.75) is 32.0 Å². The summed E-state index contributed by atoms with van der Waals surface area (Å²) in [6.07, 6.45) is 1.09. The van der Waals surface area contributed by atoms with E-state index in [0.29, 0.717) is 4.83 Å². The summed E-state index contributed by atoms with van der Waals surface area (Å²) >= 11 is 3.52. The summed E-state index contributed by atoms with van der Waals surface area (Å²) in [5.41, 5.74) is -0.225. The van der Waals surface area contributed by atoms with E-state index in [4.69, 9.17) is 0 Å². The molecule has 70 valence electrons. The fourth-order valence-corrected chi connectivity index (χ4v) is 1.93. The van der Waals surface area contributed by atoms with Gasteiger partial charge in [-0.1, -0.05) is 36.7 Å². The second kappa shape index (κ2) is 3.36. The fraction of sp³-hybridized carbons (Fsp3) is 0.889. The molecule has 0 aromatic heterocycles. The molecule has 1 amide bonds. The Balaban J connectivity index is 2.55. The number of nitrogens with zero attached hydrogens (tertiary/aromatic N) is 1. The quantitative estimate of drug-likeness (QED) is 0.587. The molecule has 0 aliphatic carbocycles. The average Bonchev–Trinajstić information content (AvgIpc) is 2.32. The molecule has 0 bridgehead atoms. The first-order valence-corrected chi connectivity index (χ1v) is 5.26. The van der Waals surface area contributed by atoms with Crippen LogP contribution in [0.2, 0.25) is 0 Å². The fourth-order valence-electron chi connectivity index (χ4n) is 1.38. The zero-order valence-electron chi connectivity index (χ0n) is 7.93. The zero-order valence-corrected chi connectivity index (χ0v) is 9.52. The highest BCUT2D eigenvalue weighted by atomic mass is 79.9. The number of alkyl halides is 1. The van der Waals surface area contributed by atoms with Gasteiger partial charge in [0, 0.05) is 23.3 Å². The van der Waals surface area contributed by atoms with Crippen LogP contribution in [-0.4, -0.2) is 28.7 Å². The summed E-state index contributed by atoms with van der Waals surface area (Å²) in [5.74, 6) is 0.268. The molecule has 1 rings (SSSR count). The highest BCUT2D eigenvalue weighted by Crippen LogP contribution is 2.23. The van der Waals surface area contributed by atoms with Gasteiger partial charge in [0.15, 0.2) is 0 Å². The molecule has 3 heteroatoms. The number of rotatable bonds is 0. The summed E-state index contributed by atoms with van der Waals surface area (Å²) in [4.78, 5) is 14.2. The Labute approximate surface area is 82.4 Å². The van der Waals surface area contributed by atoms with Gasteiger partial charge in [-0.25, -0.2) is 0 Å². The Morgan fingerprint density at radius 1 is 1.50 bits per heavy atom. The predicted octanol–water partition coefficient (Wildman–Crippen LogP) is 2.03. The van der Waals surface area contributed by atoms with Gasteiger partial charge in [0.05, 0.1) is 0 Å². The second-order valence-corrected chi connectivity index (χ2v) is 5.68. The van der Waals surface area contributed by atoms with Crippen LogP contribution in [0.5, 0.6) is 0 Å². The lowest BCUT2D eigenvalue weighted by atomic mass is 9.95. The molecule has 2 nitrogen and oxygen atoms in total. The largest absolute Gasteiger partial charge is 0.341 e. The summed E-state index contributed by atoms with van der Waals surface area (Å²) < 4.78 is 0. The summed E-state index contributed by atoms with van der Waals surface area (Å²) in [7, 11) is 0. The number of hydrogen-bond donors (Lipinski definition) is 0. The highest BCUT2D eigenvalue weighted by molar-refractivity contribution is 9.09. The first-order chi connectivity index (χ1) is 5.41. The number of carbonyl (C=O) groups is 1. The number of hydrogen-bond acceptors (Lipinski definition) is 1. The Bertz CT molecular complexity index is 185. The van der Waals surface area contributed by atoms with Crippen LogP contribution in [0.1, 0.15) is 27.2 Å². The van der Waals surface area contributed by atoms with Crippen LogP contribution in [0, 0.1) is 5.41 Å². The highest BCUT2D eigenvalue weighted by Gasteiger charge is 2.31. The molecular formula is C9H16BrNO. The predicted molar refractivity (Wildman–Crippen MR) is 53.4 cm³/mol. The smallest absolute Gasteiger partial charge is 0.227 e. The zero-order chi connectivity index (χ0) is 9.35. The van der Waals surface area contributed by atoms with E-state index in [2.05, 4.69) is 15.9 Å². The third-order valence-corrected chi connectivity index (χ3v) is 2.81. The van der Waals surface area contributed by atoms with Crippen molar-refractivity contribution in [2.75, 3.05) is 13.1 Å². The third-order valence-electron chi connectivity index (χ3n) is 2.06. The molecule has 1 heterocycles. The molecule has 1 atom stereocenters. The SMILES string of the molecule is CC(C)(C)C(=O)N1CCC(Br)C1. The van der Waals surface area contributed by atoms with E-state index in [1.807, 2.05) is 25.7 Å². The molecule has 1 fully saturated rings. The van der Waals surface area contributed by atoms with Gasteiger partial charge in [0.2, 0.25) is 5.91 Å². The van der Waals surface area contributed by atoms with Gasteiger partial charge in [-0.2, -0.15) is 0 Å². The van der Waals surface area contributed by atoms with E-state index in [-0.39, 0.29) is 11.3 Å². The van der Waals surface area contributed by atoms with Crippen LogP contribution in [0.4, 0.5) is 0 Å². The van der Waals surface area contributed by atoms with Crippen molar-refractivity contribution < 1.29 is 4.79 Å². The molecule has 0 aromatic carbocycles. The summed E-state index contributed by atoms with van der Waals surface area (Å²) in [6.45, 7) is 7.69. The van der Waals surface area contributed by atoms with Gasteiger partial charge in [-0.3, -0.25) is 4.79 Å². The third kappa shape index (κ3) is 2.22. The first-order valence-electron chi connectivity index (χ1n) is 4.34. The maximum Gasteiger partial charge on any atom is 0.227 e. The van der Waals surface area contributed by atoms with Crippen LogP contribution in [0.3, 0.4) is 0 Å². The van der Waals surface area contributed by atoms with E-state index in [1.165, 1.54) is 0 Å². The maximum absolute atomic E-state index is 11.7. The van der Waals surface area contributed by atoms with Gasteiger partial charge in [-0.15, -0.1) is 0 Å². The first kappa shape index (κ1) is 10.0. The molecule has 0 N–H and O–H groups in total. The number of amides is 1. The molecule has 1 aliphatic rings. The van der Waals surface area contributed by atoms with E-state index >= 15 is 0 Å². The molecule has 0 aromatic rings. The van der Waals surface area contributed by atoms with Gasteiger partial charge < -0.3 is 4.90 Å². The Hall–Kier alpha value is -0.0500. The minimum Gasteiger partial charge on any atom is -0.341 e. The normalized spacial score (nSPS) is 24.7. The Morgan fingerprint density at radius 3 is 2.42 bits per heavy atom. The lowest BCUT2D eigenvalue weighted by Gasteiger charge is -2.25. The number of likely N-dealkylation sites (tertiary alicyclic amines) is 1. The van der Waals surface area contributed by atoms with Crippen LogP contribution in [0.25, 0.3) is 0 Å². The van der Waals surface area contributed by atoms with E-state index in [0.717, 1.165) is 19.5 Å². The molecule has 0 radical (unpaired) electrons. The van der Waals surface area contributed by atoms with Crippen molar-refractivity contribution in [3.63, 3.8) is 0 Å². The molecule has 1 saturated heterocycles. The lowest BCUT2D eigenvalue weighted by Crippen LogP contribution is -2.37. The van der Waals surface area contributed by atoms with Gasteiger partial charge in [0.1, 0.15) is 0 Å². The second-order valence-electron chi connectivity index (χ2n) is 4.39. The number of halogens is 1. The van der Waals surface area contributed by atoms with E-state index in [9.17, 15) is 4.79 Å². The van der Waals surface area contributed by atoms with Gasteiger partial charge in [-0.05, 0) is 6.42 Å². The van der Waals surface area contributed by atoms with Crippen LogP contribution in [-0.2, 0) is 4.79 Å². The van der Waals surface area contributed by atoms with Crippen molar-refractivity contribution in [3.8, 4) is 0 Å². The van der Waals surface area contributed by atoms with Crippen molar-refractivity contribution >= 4 is 21.8 Å². The minimum atomic E-state index is -0.225. The molecule has 0 saturated carbocycles. The number of carbonyl (C=O) groups excluding carboxylic acids is 1.